The second kappa shape index (κ2) is 10.1. The van der Waals surface area contributed by atoms with Crippen LogP contribution in [0.1, 0.15) is 30.1 Å². The van der Waals surface area contributed by atoms with Gasteiger partial charge in [0.05, 0.1) is 19.5 Å². The van der Waals surface area contributed by atoms with Gasteiger partial charge in [-0.25, -0.2) is 9.97 Å². The van der Waals surface area contributed by atoms with Crippen molar-refractivity contribution in [1.29, 1.82) is 0 Å². The highest BCUT2D eigenvalue weighted by Crippen LogP contribution is 2.38. The number of para-hydroxylation sites is 1. The van der Waals surface area contributed by atoms with Crippen LogP contribution in [0, 0.1) is 13.8 Å². The predicted molar refractivity (Wildman–Crippen MR) is 129 cm³/mol. The van der Waals surface area contributed by atoms with Crippen LogP contribution in [0.4, 0.5) is 5.95 Å². The average molecular weight is 483 g/mol. The van der Waals surface area contributed by atoms with E-state index in [1.54, 1.807) is 31.2 Å². The number of nitrogens with zero attached hydrogens (tertiary/aromatic N) is 6. The quantitative estimate of drug-likeness (QED) is 0.305. The van der Waals surface area contributed by atoms with E-state index in [1.165, 1.54) is 11.9 Å². The fourth-order valence-corrected chi connectivity index (χ4v) is 3.96. The number of hydrogen-bond acceptors (Lipinski definition) is 10. The van der Waals surface area contributed by atoms with E-state index in [9.17, 15) is 5.11 Å². The summed E-state index contributed by atoms with van der Waals surface area (Å²) in [6.07, 6.45) is 2.47. The van der Waals surface area contributed by atoms with E-state index < -0.39 is 6.10 Å². The predicted octanol–water partition coefficient (Wildman–Crippen LogP) is 3.26. The fourth-order valence-electron chi connectivity index (χ4n) is 3.29. The van der Waals surface area contributed by atoms with Gasteiger partial charge in [-0.1, -0.05) is 6.07 Å². The van der Waals surface area contributed by atoms with E-state index in [0.29, 0.717) is 40.5 Å². The number of rotatable bonds is 9. The lowest BCUT2D eigenvalue weighted by molar-refractivity contribution is 0.169. The van der Waals surface area contributed by atoms with E-state index in [4.69, 9.17) is 9.47 Å². The third kappa shape index (κ3) is 4.68. The Morgan fingerprint density at radius 3 is 2.35 bits per heavy atom. The van der Waals surface area contributed by atoms with Crippen LogP contribution >= 0.6 is 11.9 Å². The fraction of sp³-hybridized carbons (Fsp3) is 0.318. The number of H-pyrrole nitrogens is 1. The Labute approximate surface area is 201 Å². The molecule has 1 aromatic carbocycles. The van der Waals surface area contributed by atoms with Crippen molar-refractivity contribution in [2.75, 3.05) is 18.9 Å². The molecular formula is C22H26N8O3S. The van der Waals surface area contributed by atoms with Gasteiger partial charge < -0.3 is 14.6 Å². The van der Waals surface area contributed by atoms with E-state index in [0.717, 1.165) is 11.3 Å². The molecule has 0 radical (unpaired) electrons. The summed E-state index contributed by atoms with van der Waals surface area (Å²) in [5.74, 6) is 2.40. The van der Waals surface area contributed by atoms with Gasteiger partial charge in [-0.3, -0.25) is 14.4 Å². The minimum Gasteiger partial charge on any atom is -0.494 e. The maximum absolute atomic E-state index is 10.7. The van der Waals surface area contributed by atoms with Gasteiger partial charge in [0, 0.05) is 18.1 Å². The first-order chi connectivity index (χ1) is 16.4. The molecule has 2 unspecified atom stereocenters. The molecule has 0 amide bonds. The summed E-state index contributed by atoms with van der Waals surface area (Å²) in [4.78, 5) is 8.46. The molecule has 3 aromatic heterocycles. The Morgan fingerprint density at radius 1 is 1.09 bits per heavy atom. The number of aryl methyl sites for hydroxylation is 2. The standard InChI is InChI=1S/C22H26N8O3S/c1-12-10-23-20(24-11-12)19(31)14(3)34-29-22-28-27-21(15-9-13(2)25-26-15)30(22)18-16(32-4)7-6-8-17(18)33-5/h6-11,14,19,31H,1-5H3,(H,25,26)(H,28,29). The molecule has 34 heavy (non-hydrogen) atoms. The number of hydrogen-bond donors (Lipinski definition) is 3. The second-order valence-electron chi connectivity index (χ2n) is 7.62. The summed E-state index contributed by atoms with van der Waals surface area (Å²) in [5, 5.41) is 26.4. The molecule has 4 aromatic rings. The molecule has 0 saturated carbocycles. The summed E-state index contributed by atoms with van der Waals surface area (Å²) >= 11 is 1.27. The van der Waals surface area contributed by atoms with Crippen molar-refractivity contribution in [3.8, 4) is 28.7 Å². The van der Waals surface area contributed by atoms with Crippen molar-refractivity contribution in [3.05, 3.63) is 53.7 Å². The molecule has 2 atom stereocenters. The summed E-state index contributed by atoms with van der Waals surface area (Å²) in [6.45, 7) is 5.67. The first-order valence-corrected chi connectivity index (χ1v) is 11.4. The van der Waals surface area contributed by atoms with Crippen molar-refractivity contribution in [2.24, 2.45) is 0 Å². The van der Waals surface area contributed by atoms with Crippen LogP contribution in [-0.4, -0.2) is 59.5 Å². The molecule has 3 heterocycles. The van der Waals surface area contributed by atoms with Gasteiger partial charge in [-0.15, -0.1) is 10.2 Å². The van der Waals surface area contributed by atoms with E-state index in [2.05, 4.69) is 35.1 Å². The van der Waals surface area contributed by atoms with Gasteiger partial charge in [0.15, 0.2) is 11.6 Å². The Kier molecular flexibility index (Phi) is 6.98. The smallest absolute Gasteiger partial charge is 0.239 e. The van der Waals surface area contributed by atoms with Crippen LogP contribution in [0.3, 0.4) is 0 Å². The lowest BCUT2D eigenvalue weighted by Crippen LogP contribution is -2.17. The average Bonchev–Trinajstić information content (AvgIpc) is 3.47. The van der Waals surface area contributed by atoms with E-state index in [1.807, 2.05) is 45.0 Å². The van der Waals surface area contributed by atoms with Crippen molar-refractivity contribution < 1.29 is 14.6 Å². The topological polar surface area (TPSA) is 136 Å². The van der Waals surface area contributed by atoms with Crippen LogP contribution in [0.25, 0.3) is 17.2 Å². The molecule has 178 valence electrons. The van der Waals surface area contributed by atoms with Crippen LogP contribution in [0.5, 0.6) is 11.5 Å². The van der Waals surface area contributed by atoms with Crippen molar-refractivity contribution in [3.63, 3.8) is 0 Å². The number of methoxy groups -OCH3 is 2. The Morgan fingerprint density at radius 2 is 1.76 bits per heavy atom. The highest BCUT2D eigenvalue weighted by atomic mass is 32.2. The zero-order valence-corrected chi connectivity index (χ0v) is 20.3. The monoisotopic (exact) mass is 482 g/mol. The number of aliphatic hydroxyl groups excluding tert-OH is 1. The molecule has 11 nitrogen and oxygen atoms in total. The SMILES string of the molecule is COc1cccc(OC)c1-n1c(NSC(C)C(O)c2ncc(C)cn2)nnc1-c1cc(C)[nH]n1. The number of aromatic nitrogens is 7. The van der Waals surface area contributed by atoms with Gasteiger partial charge in [0.25, 0.3) is 0 Å². The normalized spacial score (nSPS) is 12.9. The summed E-state index contributed by atoms with van der Waals surface area (Å²) < 4.78 is 16.2. The Bertz CT molecular complexity index is 1240. The summed E-state index contributed by atoms with van der Waals surface area (Å²) in [6, 6.07) is 7.37. The molecule has 4 rings (SSSR count). The van der Waals surface area contributed by atoms with Gasteiger partial charge in [-0.2, -0.15) is 5.10 Å². The first-order valence-electron chi connectivity index (χ1n) is 10.5. The van der Waals surface area contributed by atoms with Crippen LogP contribution < -0.4 is 14.2 Å². The first kappa shape index (κ1) is 23.5. The minimum absolute atomic E-state index is 0.302. The second-order valence-corrected chi connectivity index (χ2v) is 8.80. The zero-order chi connectivity index (χ0) is 24.2. The minimum atomic E-state index is -0.885. The molecule has 0 bridgehead atoms. The molecule has 3 N–H and O–H groups in total. The van der Waals surface area contributed by atoms with Gasteiger partial charge in [0.2, 0.25) is 5.95 Å². The molecule has 0 fully saturated rings. The maximum atomic E-state index is 10.7. The number of benzene rings is 1. The summed E-state index contributed by atoms with van der Waals surface area (Å²) in [7, 11) is 3.17. The third-order valence-corrected chi connectivity index (χ3v) is 6.00. The van der Waals surface area contributed by atoms with Gasteiger partial charge in [-0.05, 0) is 56.5 Å². The third-order valence-electron chi connectivity index (χ3n) is 5.07. The van der Waals surface area contributed by atoms with Crippen LogP contribution in [0.15, 0.2) is 36.7 Å². The Hall–Kier alpha value is -3.64. The molecule has 0 aliphatic rings. The van der Waals surface area contributed by atoms with Gasteiger partial charge in [0.1, 0.15) is 29.0 Å². The van der Waals surface area contributed by atoms with E-state index in [-0.39, 0.29) is 5.25 Å². The summed E-state index contributed by atoms with van der Waals surface area (Å²) in [5.41, 5.74) is 3.04. The number of anilines is 1. The molecule has 12 heteroatoms. The number of aromatic amines is 1. The van der Waals surface area contributed by atoms with Crippen molar-refractivity contribution >= 4 is 17.9 Å². The maximum Gasteiger partial charge on any atom is 0.239 e. The van der Waals surface area contributed by atoms with Crippen molar-refractivity contribution in [1.82, 2.24) is 34.9 Å². The molecular weight excluding hydrogens is 456 g/mol. The molecule has 0 spiro atoms. The highest BCUT2D eigenvalue weighted by Gasteiger charge is 2.25. The van der Waals surface area contributed by atoms with Crippen molar-refractivity contribution in [2.45, 2.75) is 32.1 Å². The molecule has 0 saturated heterocycles. The zero-order valence-electron chi connectivity index (χ0n) is 19.5. The number of ether oxygens (including phenoxy) is 2. The largest absolute Gasteiger partial charge is 0.494 e. The van der Waals surface area contributed by atoms with Crippen LogP contribution in [0.2, 0.25) is 0 Å². The molecule has 0 aliphatic heterocycles. The number of nitrogens with one attached hydrogen (secondary N) is 2. The Balaban J connectivity index is 1.70. The van der Waals surface area contributed by atoms with Gasteiger partial charge >= 0.3 is 0 Å². The lowest BCUT2D eigenvalue weighted by Gasteiger charge is -2.19. The highest BCUT2D eigenvalue weighted by molar-refractivity contribution is 8.01. The van der Waals surface area contributed by atoms with Crippen LogP contribution in [-0.2, 0) is 0 Å². The van der Waals surface area contributed by atoms with E-state index >= 15 is 0 Å². The number of aliphatic hydroxyl groups is 1. The molecule has 0 aliphatic carbocycles. The lowest BCUT2D eigenvalue weighted by atomic mass is 10.2.